The van der Waals surface area contributed by atoms with Gasteiger partial charge in [-0.2, -0.15) is 0 Å². The van der Waals surface area contributed by atoms with Gasteiger partial charge in [-0.1, -0.05) is 34.1 Å². The van der Waals surface area contributed by atoms with E-state index in [1.54, 1.807) is 18.2 Å². The first-order chi connectivity index (χ1) is 11.1. The highest BCUT2D eigenvalue weighted by atomic mass is 79.9. The van der Waals surface area contributed by atoms with Crippen molar-refractivity contribution in [1.29, 1.82) is 0 Å². The first-order valence-electron chi connectivity index (χ1n) is 6.85. The molecule has 6 heteroatoms. The number of hydrogen-bond donors (Lipinski definition) is 1. The molecule has 0 aliphatic rings. The third-order valence-corrected chi connectivity index (χ3v) is 3.65. The quantitative estimate of drug-likeness (QED) is 0.552. The van der Waals surface area contributed by atoms with Gasteiger partial charge in [-0.25, -0.2) is 9.78 Å². The largest absolute Gasteiger partial charge is 0.455 e. The smallest absolute Gasteiger partial charge is 0.340 e. The number of carbonyl (C=O) groups excluding carboxylic acids is 1. The zero-order valence-corrected chi connectivity index (χ0v) is 13.6. The van der Waals surface area contributed by atoms with E-state index in [0.29, 0.717) is 22.8 Å². The van der Waals surface area contributed by atoms with Crippen LogP contribution in [0.3, 0.4) is 0 Å². The Labute approximate surface area is 141 Å². The summed E-state index contributed by atoms with van der Waals surface area (Å²) in [5, 5.41) is 0. The Hall–Kier alpha value is -2.60. The second-order valence-corrected chi connectivity index (χ2v) is 5.73. The van der Waals surface area contributed by atoms with Crippen LogP contribution in [0.5, 0.6) is 0 Å². The van der Waals surface area contributed by atoms with Crippen molar-refractivity contribution in [2.24, 2.45) is 0 Å². The van der Waals surface area contributed by atoms with E-state index in [2.05, 4.69) is 20.9 Å². The highest BCUT2D eigenvalue weighted by molar-refractivity contribution is 9.10. The van der Waals surface area contributed by atoms with Crippen LogP contribution in [0.2, 0.25) is 0 Å². The molecule has 0 aliphatic carbocycles. The topological polar surface area (TPSA) is 78.4 Å². The molecule has 116 valence electrons. The van der Waals surface area contributed by atoms with E-state index < -0.39 is 5.97 Å². The SMILES string of the molecule is Nc1ccc(Br)cc1C(=O)OCc1coc(-c2ccccc2)n1. The van der Waals surface area contributed by atoms with Gasteiger partial charge in [-0.05, 0) is 30.3 Å². The lowest BCUT2D eigenvalue weighted by Crippen LogP contribution is -2.08. The van der Waals surface area contributed by atoms with Crippen LogP contribution < -0.4 is 5.73 Å². The van der Waals surface area contributed by atoms with E-state index in [4.69, 9.17) is 14.9 Å². The molecule has 0 saturated heterocycles. The number of rotatable bonds is 4. The predicted octanol–water partition coefficient (Wildman–Crippen LogP) is 4.04. The molecule has 0 amide bonds. The lowest BCUT2D eigenvalue weighted by atomic mass is 10.2. The van der Waals surface area contributed by atoms with Crippen molar-refractivity contribution in [2.45, 2.75) is 6.61 Å². The molecule has 5 nitrogen and oxygen atoms in total. The number of anilines is 1. The number of nitrogens with two attached hydrogens (primary N) is 1. The number of nitrogen functional groups attached to an aromatic ring is 1. The number of oxazole rings is 1. The van der Waals surface area contributed by atoms with Crippen molar-refractivity contribution in [3.8, 4) is 11.5 Å². The van der Waals surface area contributed by atoms with Gasteiger partial charge in [0.2, 0.25) is 5.89 Å². The van der Waals surface area contributed by atoms with Gasteiger partial charge in [0.1, 0.15) is 18.6 Å². The van der Waals surface area contributed by atoms with E-state index >= 15 is 0 Å². The maximum atomic E-state index is 12.1. The van der Waals surface area contributed by atoms with Crippen molar-refractivity contribution in [3.63, 3.8) is 0 Å². The molecule has 3 aromatic rings. The Kier molecular flexibility index (Phi) is 4.43. The molecule has 1 heterocycles. The monoisotopic (exact) mass is 372 g/mol. The highest BCUT2D eigenvalue weighted by Gasteiger charge is 2.13. The van der Waals surface area contributed by atoms with Crippen molar-refractivity contribution >= 4 is 27.6 Å². The van der Waals surface area contributed by atoms with Crippen molar-refractivity contribution in [3.05, 3.63) is 70.5 Å². The van der Waals surface area contributed by atoms with E-state index in [1.165, 1.54) is 6.26 Å². The molecule has 23 heavy (non-hydrogen) atoms. The summed E-state index contributed by atoms with van der Waals surface area (Å²) in [6.45, 7) is 0.0150. The summed E-state index contributed by atoms with van der Waals surface area (Å²) in [4.78, 5) is 16.4. The molecular weight excluding hydrogens is 360 g/mol. The minimum absolute atomic E-state index is 0.0150. The van der Waals surface area contributed by atoms with Gasteiger partial charge >= 0.3 is 5.97 Å². The number of halogens is 1. The molecular formula is C17H13BrN2O3. The Balaban J connectivity index is 1.68. The first-order valence-corrected chi connectivity index (χ1v) is 7.65. The summed E-state index contributed by atoms with van der Waals surface area (Å²) in [6, 6.07) is 14.5. The van der Waals surface area contributed by atoms with Crippen LogP contribution in [-0.4, -0.2) is 11.0 Å². The molecule has 3 rings (SSSR count). The lowest BCUT2D eigenvalue weighted by molar-refractivity contribution is 0.0469. The standard InChI is InChI=1S/C17H13BrN2O3/c18-12-6-7-15(19)14(8-12)17(21)23-10-13-9-22-16(20-13)11-4-2-1-3-5-11/h1-9H,10,19H2. The van der Waals surface area contributed by atoms with E-state index in [-0.39, 0.29) is 6.61 Å². The van der Waals surface area contributed by atoms with Crippen LogP contribution in [0.15, 0.2) is 63.7 Å². The number of carbonyl (C=O) groups is 1. The van der Waals surface area contributed by atoms with Crippen LogP contribution in [-0.2, 0) is 11.3 Å². The Morgan fingerprint density at radius 1 is 1.22 bits per heavy atom. The van der Waals surface area contributed by atoms with Crippen LogP contribution >= 0.6 is 15.9 Å². The second kappa shape index (κ2) is 6.66. The minimum atomic E-state index is -0.506. The third-order valence-electron chi connectivity index (χ3n) is 3.16. The summed E-state index contributed by atoms with van der Waals surface area (Å²) in [5.41, 5.74) is 7.85. The fourth-order valence-corrected chi connectivity index (χ4v) is 2.37. The van der Waals surface area contributed by atoms with Crippen molar-refractivity contribution in [2.75, 3.05) is 5.73 Å². The molecule has 0 radical (unpaired) electrons. The van der Waals surface area contributed by atoms with Crippen LogP contribution in [0.1, 0.15) is 16.1 Å². The summed E-state index contributed by atoms with van der Waals surface area (Å²) >= 11 is 3.30. The molecule has 0 atom stereocenters. The van der Waals surface area contributed by atoms with Gasteiger partial charge in [0.05, 0.1) is 5.56 Å². The first kappa shape index (κ1) is 15.3. The van der Waals surface area contributed by atoms with Gasteiger partial charge < -0.3 is 14.9 Å². The summed E-state index contributed by atoms with van der Waals surface area (Å²) in [7, 11) is 0. The van der Waals surface area contributed by atoms with Crippen LogP contribution in [0.25, 0.3) is 11.5 Å². The summed E-state index contributed by atoms with van der Waals surface area (Å²) in [6.07, 6.45) is 1.47. The van der Waals surface area contributed by atoms with Crippen molar-refractivity contribution in [1.82, 2.24) is 4.98 Å². The Bertz CT molecular complexity index is 831. The number of aromatic nitrogens is 1. The lowest BCUT2D eigenvalue weighted by Gasteiger charge is -2.06. The maximum Gasteiger partial charge on any atom is 0.340 e. The minimum Gasteiger partial charge on any atom is -0.455 e. The number of benzene rings is 2. The van der Waals surface area contributed by atoms with Gasteiger partial charge in [0, 0.05) is 15.7 Å². The molecule has 2 N–H and O–H groups in total. The summed E-state index contributed by atoms with van der Waals surface area (Å²) in [5.74, 6) is -0.0216. The van der Waals surface area contributed by atoms with Gasteiger partial charge in [-0.3, -0.25) is 0 Å². The summed E-state index contributed by atoms with van der Waals surface area (Å²) < 4.78 is 11.4. The van der Waals surface area contributed by atoms with Crippen molar-refractivity contribution < 1.29 is 13.9 Å². The van der Waals surface area contributed by atoms with E-state index in [1.807, 2.05) is 30.3 Å². The molecule has 0 aliphatic heterocycles. The van der Waals surface area contributed by atoms with Gasteiger partial charge in [0.25, 0.3) is 0 Å². The maximum absolute atomic E-state index is 12.1. The number of nitrogens with zero attached hydrogens (tertiary/aromatic N) is 1. The zero-order valence-electron chi connectivity index (χ0n) is 12.0. The second-order valence-electron chi connectivity index (χ2n) is 4.82. The fraction of sp³-hybridized carbons (Fsp3) is 0.0588. The van der Waals surface area contributed by atoms with E-state index in [9.17, 15) is 4.79 Å². The molecule has 1 aromatic heterocycles. The molecule has 0 saturated carbocycles. The van der Waals surface area contributed by atoms with Gasteiger partial charge in [-0.15, -0.1) is 0 Å². The molecule has 0 spiro atoms. The number of ether oxygens (including phenoxy) is 1. The molecule has 0 bridgehead atoms. The molecule has 0 unspecified atom stereocenters. The fourth-order valence-electron chi connectivity index (χ4n) is 2.01. The Morgan fingerprint density at radius 3 is 2.78 bits per heavy atom. The average molecular weight is 373 g/mol. The number of esters is 1. The third kappa shape index (κ3) is 3.60. The Morgan fingerprint density at radius 2 is 2.00 bits per heavy atom. The van der Waals surface area contributed by atoms with E-state index in [0.717, 1.165) is 10.0 Å². The van der Waals surface area contributed by atoms with Crippen LogP contribution in [0, 0.1) is 0 Å². The highest BCUT2D eigenvalue weighted by Crippen LogP contribution is 2.21. The molecule has 0 fully saturated rings. The van der Waals surface area contributed by atoms with Gasteiger partial charge in [0.15, 0.2) is 0 Å². The average Bonchev–Trinajstić information content (AvgIpc) is 3.05. The number of hydrogen-bond acceptors (Lipinski definition) is 5. The normalized spacial score (nSPS) is 10.5. The zero-order chi connectivity index (χ0) is 16.2. The van der Waals surface area contributed by atoms with Crippen LogP contribution in [0.4, 0.5) is 5.69 Å². The molecule has 2 aromatic carbocycles. The predicted molar refractivity (Wildman–Crippen MR) is 89.6 cm³/mol.